The summed E-state index contributed by atoms with van der Waals surface area (Å²) < 4.78 is 81.1. The highest BCUT2D eigenvalue weighted by Gasteiger charge is 2.56. The Morgan fingerprint density at radius 1 is 1.07 bits per heavy atom. The van der Waals surface area contributed by atoms with Gasteiger partial charge in [0.1, 0.15) is 12.5 Å². The van der Waals surface area contributed by atoms with Gasteiger partial charge in [0.25, 0.3) is 11.8 Å². The van der Waals surface area contributed by atoms with E-state index in [-0.39, 0.29) is 33.9 Å². The number of rotatable bonds is 12. The zero-order valence-corrected chi connectivity index (χ0v) is 22.9. The van der Waals surface area contributed by atoms with Crippen LogP contribution in [0.3, 0.4) is 0 Å². The lowest BCUT2D eigenvalue weighted by Crippen LogP contribution is -2.52. The highest BCUT2D eigenvalue weighted by molar-refractivity contribution is 6.13. The number of ether oxygens (including phenoxy) is 2. The molecule has 9 nitrogen and oxygen atoms in total. The molecule has 42 heavy (non-hydrogen) atoms. The van der Waals surface area contributed by atoms with Crippen LogP contribution in [0, 0.1) is 5.82 Å². The van der Waals surface area contributed by atoms with E-state index in [0.29, 0.717) is 0 Å². The predicted octanol–water partition coefficient (Wildman–Crippen LogP) is 3.87. The molecule has 3 rings (SSSR count). The molecule has 1 heterocycles. The standard InChI is InChI=1S/C27H26ClF5N4O5/c1-25(13-29,37-28)17-10-19(15-3-6-18(30)7-4-15)36-22(11-17)26(40,27(31,32)33)14-35-24(39)16-5-8-20(21(9-16)41-2)42-12-23(34)38/h3-11,37,40H,12-14H2,1-2H3,(H2,34,38)(H,35,39)/t25?,26-/m0/s1. The smallest absolute Gasteiger partial charge is 0.424 e. The number of carbonyl (C=O) groups is 2. The number of methoxy groups -OCH3 is 1. The van der Waals surface area contributed by atoms with Gasteiger partial charge >= 0.3 is 6.18 Å². The molecular weight excluding hydrogens is 591 g/mol. The quantitative estimate of drug-likeness (QED) is 0.179. The first kappa shape index (κ1) is 32.5. The minimum atomic E-state index is -5.39. The molecule has 0 aliphatic rings. The van der Waals surface area contributed by atoms with Gasteiger partial charge in [-0.05, 0) is 78.9 Å². The van der Waals surface area contributed by atoms with Gasteiger partial charge in [-0.1, -0.05) is 0 Å². The zero-order valence-electron chi connectivity index (χ0n) is 22.2. The monoisotopic (exact) mass is 616 g/mol. The van der Waals surface area contributed by atoms with Crippen LogP contribution in [0.15, 0.2) is 54.6 Å². The van der Waals surface area contributed by atoms with Crippen LogP contribution in [-0.2, 0) is 15.9 Å². The molecule has 0 saturated heterocycles. The number of hydrogen-bond acceptors (Lipinski definition) is 7. The number of pyridine rings is 1. The summed E-state index contributed by atoms with van der Waals surface area (Å²) in [5.41, 5.74) is -1.71. The fourth-order valence-corrected chi connectivity index (χ4v) is 3.87. The van der Waals surface area contributed by atoms with Crippen LogP contribution in [0.4, 0.5) is 22.0 Å². The van der Waals surface area contributed by atoms with E-state index in [4.69, 9.17) is 27.0 Å². The first-order valence-electron chi connectivity index (χ1n) is 12.1. The average molecular weight is 617 g/mol. The number of nitrogens with two attached hydrogens (primary N) is 1. The van der Waals surface area contributed by atoms with Crippen LogP contribution in [0.1, 0.15) is 28.5 Å². The molecule has 0 aliphatic carbocycles. The number of nitrogens with zero attached hydrogens (tertiary/aromatic N) is 1. The van der Waals surface area contributed by atoms with Crippen LogP contribution < -0.4 is 25.4 Å². The van der Waals surface area contributed by atoms with E-state index < -0.39 is 60.5 Å². The maximum Gasteiger partial charge on any atom is 0.424 e. The molecule has 5 N–H and O–H groups in total. The average Bonchev–Trinajstić information content (AvgIpc) is 2.97. The molecule has 0 radical (unpaired) electrons. The molecule has 2 aromatic carbocycles. The number of halogens is 6. The number of primary amides is 1. The summed E-state index contributed by atoms with van der Waals surface area (Å²) in [4.78, 5) is 30.0. The zero-order chi connectivity index (χ0) is 31.3. The number of hydrogen-bond donors (Lipinski definition) is 4. The van der Waals surface area contributed by atoms with Crippen molar-refractivity contribution in [2.75, 3.05) is 26.9 Å². The van der Waals surface area contributed by atoms with Crippen molar-refractivity contribution in [1.29, 1.82) is 0 Å². The van der Waals surface area contributed by atoms with Crippen molar-refractivity contribution < 1.29 is 46.1 Å². The largest absolute Gasteiger partial charge is 0.493 e. The third-order valence-electron chi connectivity index (χ3n) is 6.27. The molecular formula is C27H26ClF5N4O5. The number of carbonyl (C=O) groups excluding carboxylic acids is 2. The summed E-state index contributed by atoms with van der Waals surface area (Å²) in [7, 11) is 1.23. The molecule has 226 valence electrons. The van der Waals surface area contributed by atoms with Crippen LogP contribution in [0.25, 0.3) is 11.3 Å². The van der Waals surface area contributed by atoms with E-state index in [9.17, 15) is 36.6 Å². The topological polar surface area (TPSA) is 136 Å². The first-order valence-corrected chi connectivity index (χ1v) is 12.4. The van der Waals surface area contributed by atoms with E-state index >= 15 is 0 Å². The Balaban J connectivity index is 2.03. The number of amides is 2. The molecule has 0 bridgehead atoms. The lowest BCUT2D eigenvalue weighted by molar-refractivity contribution is -0.265. The third-order valence-corrected chi connectivity index (χ3v) is 6.69. The van der Waals surface area contributed by atoms with Crippen molar-refractivity contribution in [3.63, 3.8) is 0 Å². The van der Waals surface area contributed by atoms with E-state index in [1.54, 1.807) is 0 Å². The lowest BCUT2D eigenvalue weighted by Gasteiger charge is -2.32. The van der Waals surface area contributed by atoms with Gasteiger partial charge in [0, 0.05) is 11.1 Å². The van der Waals surface area contributed by atoms with E-state index in [0.717, 1.165) is 24.3 Å². The molecule has 1 aromatic heterocycles. The SMILES string of the molecule is COc1cc(C(=O)NC[C@](O)(c2cc(C(C)(CF)NCl)cc(-c3ccc(F)cc3)n2)C(F)(F)F)ccc1OCC(N)=O. The maximum absolute atomic E-state index is 14.5. The van der Waals surface area contributed by atoms with E-state index in [1.165, 1.54) is 44.4 Å². The Hall–Kier alpha value is -4.01. The van der Waals surface area contributed by atoms with Gasteiger partial charge in [0.05, 0.1) is 30.6 Å². The Morgan fingerprint density at radius 2 is 1.74 bits per heavy atom. The van der Waals surface area contributed by atoms with Crippen LogP contribution in [0.2, 0.25) is 0 Å². The summed E-state index contributed by atoms with van der Waals surface area (Å²) in [6.45, 7) is -1.79. The first-order chi connectivity index (χ1) is 19.7. The molecule has 3 aromatic rings. The Morgan fingerprint density at radius 3 is 2.29 bits per heavy atom. The molecule has 0 fully saturated rings. The molecule has 2 atom stereocenters. The number of aromatic nitrogens is 1. The van der Waals surface area contributed by atoms with Crippen LogP contribution >= 0.6 is 11.8 Å². The summed E-state index contributed by atoms with van der Waals surface area (Å²) in [5.74, 6) is -2.42. The van der Waals surface area contributed by atoms with E-state index in [2.05, 4.69) is 9.82 Å². The Labute approximate surface area is 241 Å². The van der Waals surface area contributed by atoms with Crippen LogP contribution in [0.5, 0.6) is 11.5 Å². The number of alkyl halides is 4. The Bertz CT molecular complexity index is 1440. The Kier molecular flexibility index (Phi) is 9.97. The fourth-order valence-electron chi connectivity index (χ4n) is 3.71. The second-order valence-corrected chi connectivity index (χ2v) is 9.54. The molecule has 0 spiro atoms. The number of nitrogens with one attached hydrogen (secondary N) is 2. The van der Waals surface area contributed by atoms with Crippen molar-refractivity contribution in [3.05, 3.63) is 77.2 Å². The summed E-state index contributed by atoms with van der Waals surface area (Å²) in [5, 5.41) is 13.1. The number of benzene rings is 2. The van der Waals surface area contributed by atoms with Crippen molar-refractivity contribution in [3.8, 4) is 22.8 Å². The molecule has 2 amide bonds. The number of aliphatic hydroxyl groups is 1. The van der Waals surface area contributed by atoms with Crippen LogP contribution in [-0.4, -0.2) is 55.0 Å². The van der Waals surface area contributed by atoms with Gasteiger partial charge in [-0.25, -0.2) is 18.6 Å². The molecule has 15 heteroatoms. The minimum Gasteiger partial charge on any atom is -0.493 e. The molecule has 1 unspecified atom stereocenters. The summed E-state index contributed by atoms with van der Waals surface area (Å²) >= 11 is 5.72. The maximum atomic E-state index is 14.5. The van der Waals surface area contributed by atoms with Crippen molar-refractivity contribution in [1.82, 2.24) is 15.1 Å². The minimum absolute atomic E-state index is 0.0210. The summed E-state index contributed by atoms with van der Waals surface area (Å²) in [6.07, 6.45) is -5.39. The van der Waals surface area contributed by atoms with Crippen molar-refractivity contribution in [2.45, 2.75) is 24.2 Å². The van der Waals surface area contributed by atoms with Crippen molar-refractivity contribution >= 4 is 23.6 Å². The van der Waals surface area contributed by atoms with Gasteiger partial charge in [0.2, 0.25) is 5.60 Å². The molecule has 0 saturated carbocycles. The second kappa shape index (κ2) is 12.9. The fraction of sp³-hybridized carbons (Fsp3) is 0.296. The normalized spacial score (nSPS) is 14.4. The van der Waals surface area contributed by atoms with E-state index in [1.807, 2.05) is 5.32 Å². The van der Waals surface area contributed by atoms with Gasteiger partial charge in [0.15, 0.2) is 18.1 Å². The van der Waals surface area contributed by atoms with Gasteiger partial charge in [-0.2, -0.15) is 13.2 Å². The van der Waals surface area contributed by atoms with Crippen molar-refractivity contribution in [2.24, 2.45) is 5.73 Å². The molecule has 0 aliphatic heterocycles. The predicted molar refractivity (Wildman–Crippen MR) is 142 cm³/mol. The highest BCUT2D eigenvalue weighted by atomic mass is 35.5. The van der Waals surface area contributed by atoms with Gasteiger partial charge < -0.3 is 25.6 Å². The lowest BCUT2D eigenvalue weighted by atomic mass is 9.89. The highest BCUT2D eigenvalue weighted by Crippen LogP contribution is 2.40. The van der Waals surface area contributed by atoms with Gasteiger partial charge in [-0.3, -0.25) is 9.59 Å². The third kappa shape index (κ3) is 7.06. The summed E-state index contributed by atoms with van der Waals surface area (Å²) in [6, 6.07) is 10.2. The van der Waals surface area contributed by atoms with Gasteiger partial charge in [-0.15, -0.1) is 0 Å². The second-order valence-electron chi connectivity index (χ2n) is 9.35.